The minimum Gasteiger partial charge on any atom is -0.485 e. The molecule has 1 atom stereocenters. The van der Waals surface area contributed by atoms with Gasteiger partial charge in [0.2, 0.25) is 0 Å². The molecule has 0 amide bonds. The maximum Gasteiger partial charge on any atom is 0.336 e. The summed E-state index contributed by atoms with van der Waals surface area (Å²) in [5.41, 5.74) is 1.45. The van der Waals surface area contributed by atoms with Crippen LogP contribution in [0.2, 0.25) is 0 Å². The largest absolute Gasteiger partial charge is 0.485 e. The zero-order valence-electron chi connectivity index (χ0n) is 14.4. The van der Waals surface area contributed by atoms with Gasteiger partial charge in [-0.2, -0.15) is 0 Å². The fourth-order valence-electron chi connectivity index (χ4n) is 2.85. The van der Waals surface area contributed by atoms with Crippen LogP contribution in [0.4, 0.5) is 0 Å². The SMILES string of the molecule is O=C(O)c1ccc(OC(Cc2ccccc2)c2ccccc2)cc1C(=O)O. The third-order valence-electron chi connectivity index (χ3n) is 4.17. The Balaban J connectivity index is 1.93. The second-order valence-electron chi connectivity index (χ2n) is 6.02. The van der Waals surface area contributed by atoms with Crippen molar-refractivity contribution in [1.82, 2.24) is 0 Å². The summed E-state index contributed by atoms with van der Waals surface area (Å²) in [6, 6.07) is 23.4. The highest BCUT2D eigenvalue weighted by Crippen LogP contribution is 2.27. The van der Waals surface area contributed by atoms with Crippen molar-refractivity contribution in [1.29, 1.82) is 0 Å². The molecular formula is C22H18O5. The molecule has 1 unspecified atom stereocenters. The van der Waals surface area contributed by atoms with Crippen molar-refractivity contribution < 1.29 is 24.5 Å². The topological polar surface area (TPSA) is 83.8 Å². The smallest absolute Gasteiger partial charge is 0.336 e. The van der Waals surface area contributed by atoms with Crippen molar-refractivity contribution in [3.63, 3.8) is 0 Å². The highest BCUT2D eigenvalue weighted by Gasteiger charge is 2.19. The molecule has 5 nitrogen and oxygen atoms in total. The predicted molar refractivity (Wildman–Crippen MR) is 100 cm³/mol. The van der Waals surface area contributed by atoms with E-state index in [1.165, 1.54) is 18.2 Å². The molecular weight excluding hydrogens is 344 g/mol. The van der Waals surface area contributed by atoms with E-state index < -0.39 is 11.9 Å². The molecule has 3 aromatic rings. The lowest BCUT2D eigenvalue weighted by Gasteiger charge is -2.20. The number of ether oxygens (including phenoxy) is 1. The van der Waals surface area contributed by atoms with Crippen LogP contribution in [0.1, 0.15) is 37.9 Å². The van der Waals surface area contributed by atoms with Gasteiger partial charge in [0.25, 0.3) is 0 Å². The normalized spacial score (nSPS) is 11.6. The highest BCUT2D eigenvalue weighted by atomic mass is 16.5. The van der Waals surface area contributed by atoms with Crippen LogP contribution in [0.5, 0.6) is 5.75 Å². The number of rotatable bonds is 7. The number of carboxylic acids is 2. The summed E-state index contributed by atoms with van der Waals surface area (Å²) in [5, 5.41) is 18.5. The van der Waals surface area contributed by atoms with Gasteiger partial charge in [0, 0.05) is 6.42 Å². The minimum atomic E-state index is -1.31. The van der Waals surface area contributed by atoms with Crippen molar-refractivity contribution in [2.24, 2.45) is 0 Å². The molecule has 0 fully saturated rings. The predicted octanol–water partition coefficient (Wildman–Crippen LogP) is 4.45. The quantitative estimate of drug-likeness (QED) is 0.649. The monoisotopic (exact) mass is 362 g/mol. The van der Waals surface area contributed by atoms with Crippen LogP contribution in [0.15, 0.2) is 78.9 Å². The lowest BCUT2D eigenvalue weighted by molar-refractivity contribution is 0.0651. The van der Waals surface area contributed by atoms with Crippen LogP contribution < -0.4 is 4.74 Å². The van der Waals surface area contributed by atoms with Crippen LogP contribution in [0, 0.1) is 0 Å². The Bertz CT molecular complexity index is 935. The maximum absolute atomic E-state index is 11.4. The van der Waals surface area contributed by atoms with E-state index in [4.69, 9.17) is 9.84 Å². The van der Waals surface area contributed by atoms with Crippen LogP contribution in [-0.4, -0.2) is 22.2 Å². The Morgan fingerprint density at radius 1 is 0.778 bits per heavy atom. The lowest BCUT2D eigenvalue weighted by Crippen LogP contribution is -2.13. The maximum atomic E-state index is 11.4. The molecule has 0 spiro atoms. The van der Waals surface area contributed by atoms with E-state index in [1.807, 2.05) is 60.7 Å². The Hall–Kier alpha value is -3.60. The van der Waals surface area contributed by atoms with E-state index in [0.29, 0.717) is 12.2 Å². The molecule has 0 aliphatic carbocycles. The van der Waals surface area contributed by atoms with Crippen LogP contribution in [-0.2, 0) is 6.42 Å². The summed E-state index contributed by atoms with van der Waals surface area (Å²) >= 11 is 0. The van der Waals surface area contributed by atoms with E-state index in [0.717, 1.165) is 11.1 Å². The Morgan fingerprint density at radius 2 is 1.37 bits per heavy atom. The summed E-state index contributed by atoms with van der Waals surface area (Å²) in [6.45, 7) is 0. The minimum absolute atomic E-state index is 0.269. The number of carboxylic acid groups (broad SMARTS) is 2. The molecule has 0 aliphatic rings. The van der Waals surface area contributed by atoms with Gasteiger partial charge in [-0.25, -0.2) is 9.59 Å². The molecule has 0 aromatic heterocycles. The number of hydrogen-bond acceptors (Lipinski definition) is 3. The van der Waals surface area contributed by atoms with Crippen LogP contribution in [0.3, 0.4) is 0 Å². The molecule has 0 saturated carbocycles. The average Bonchev–Trinajstić information content (AvgIpc) is 2.68. The van der Waals surface area contributed by atoms with Crippen molar-refractivity contribution >= 4 is 11.9 Å². The summed E-state index contributed by atoms with van der Waals surface area (Å²) in [7, 11) is 0. The van der Waals surface area contributed by atoms with Gasteiger partial charge >= 0.3 is 11.9 Å². The molecule has 0 heterocycles. The number of carbonyl (C=O) groups is 2. The van der Waals surface area contributed by atoms with E-state index in [-0.39, 0.29) is 17.2 Å². The zero-order chi connectivity index (χ0) is 19.2. The van der Waals surface area contributed by atoms with Crippen molar-refractivity contribution in [3.8, 4) is 5.75 Å². The lowest BCUT2D eigenvalue weighted by atomic mass is 10.0. The van der Waals surface area contributed by atoms with Gasteiger partial charge in [-0.15, -0.1) is 0 Å². The van der Waals surface area contributed by atoms with Crippen molar-refractivity contribution in [3.05, 3.63) is 101 Å². The van der Waals surface area contributed by atoms with Crippen LogP contribution in [0.25, 0.3) is 0 Å². The Morgan fingerprint density at radius 3 is 1.96 bits per heavy atom. The molecule has 0 saturated heterocycles. The first-order valence-corrected chi connectivity index (χ1v) is 8.41. The number of aromatic carboxylic acids is 2. The number of benzene rings is 3. The first-order chi connectivity index (χ1) is 13.0. The Kier molecular flexibility index (Phi) is 5.52. The van der Waals surface area contributed by atoms with Gasteiger partial charge in [-0.3, -0.25) is 0 Å². The third-order valence-corrected chi connectivity index (χ3v) is 4.17. The van der Waals surface area contributed by atoms with Gasteiger partial charge < -0.3 is 14.9 Å². The van der Waals surface area contributed by atoms with Gasteiger partial charge in [0.15, 0.2) is 0 Å². The molecule has 3 rings (SSSR count). The molecule has 27 heavy (non-hydrogen) atoms. The van der Waals surface area contributed by atoms with E-state index in [2.05, 4.69) is 0 Å². The molecule has 3 aromatic carbocycles. The number of hydrogen-bond donors (Lipinski definition) is 2. The highest BCUT2D eigenvalue weighted by molar-refractivity contribution is 6.02. The summed E-state index contributed by atoms with van der Waals surface area (Å²) in [6.07, 6.45) is 0.249. The molecule has 0 radical (unpaired) electrons. The fraction of sp³-hybridized carbons (Fsp3) is 0.0909. The van der Waals surface area contributed by atoms with Crippen molar-refractivity contribution in [2.45, 2.75) is 12.5 Å². The van der Waals surface area contributed by atoms with Gasteiger partial charge in [0.05, 0.1) is 11.1 Å². The third kappa shape index (κ3) is 4.52. The van der Waals surface area contributed by atoms with E-state index >= 15 is 0 Å². The van der Waals surface area contributed by atoms with E-state index in [9.17, 15) is 14.7 Å². The van der Waals surface area contributed by atoms with Gasteiger partial charge in [0.1, 0.15) is 11.9 Å². The first-order valence-electron chi connectivity index (χ1n) is 8.41. The van der Waals surface area contributed by atoms with Gasteiger partial charge in [-0.1, -0.05) is 60.7 Å². The molecule has 2 N–H and O–H groups in total. The Labute approximate surface area is 156 Å². The molecule has 5 heteroatoms. The second kappa shape index (κ2) is 8.19. The molecule has 0 bridgehead atoms. The molecule has 0 aliphatic heterocycles. The summed E-state index contributed by atoms with van der Waals surface area (Å²) in [4.78, 5) is 22.6. The van der Waals surface area contributed by atoms with Crippen molar-refractivity contribution in [2.75, 3.05) is 0 Å². The average molecular weight is 362 g/mol. The zero-order valence-corrected chi connectivity index (χ0v) is 14.4. The summed E-state index contributed by atoms with van der Waals surface area (Å²) in [5.74, 6) is -2.29. The molecule has 136 valence electrons. The standard InChI is InChI=1S/C22H18O5/c23-21(24)18-12-11-17(14-19(18)22(25)26)27-20(16-9-5-2-6-10-16)13-15-7-3-1-4-8-15/h1-12,14,20H,13H2,(H,23,24)(H,25,26). The first kappa shape index (κ1) is 18.2. The van der Waals surface area contributed by atoms with E-state index in [1.54, 1.807) is 0 Å². The van der Waals surface area contributed by atoms with Gasteiger partial charge in [-0.05, 0) is 29.3 Å². The fourth-order valence-corrected chi connectivity index (χ4v) is 2.85. The second-order valence-corrected chi connectivity index (χ2v) is 6.02. The van der Waals surface area contributed by atoms with Crippen LogP contribution >= 0.6 is 0 Å². The summed E-state index contributed by atoms with van der Waals surface area (Å²) < 4.78 is 6.07.